The Morgan fingerprint density at radius 3 is 3.17 bits per heavy atom. The van der Waals surface area contributed by atoms with Gasteiger partial charge in [-0.3, -0.25) is 4.90 Å². The van der Waals surface area contributed by atoms with Crippen LogP contribution in [-0.4, -0.2) is 45.7 Å². The van der Waals surface area contributed by atoms with E-state index >= 15 is 0 Å². The first-order valence-electron chi connectivity index (χ1n) is 7.96. The molecule has 1 aromatic heterocycles. The van der Waals surface area contributed by atoms with Crippen LogP contribution in [0.15, 0.2) is 30.5 Å². The number of fused-ring (bicyclic) bond motifs is 3. The molecule has 0 N–H and O–H groups in total. The second-order valence-electron chi connectivity index (χ2n) is 6.14. The summed E-state index contributed by atoms with van der Waals surface area (Å²) in [5.74, 6) is 0.193. The quantitative estimate of drug-likeness (QED) is 0.857. The average Bonchev–Trinajstić information content (AvgIpc) is 3.03. The van der Waals surface area contributed by atoms with Gasteiger partial charge in [0, 0.05) is 19.6 Å². The molecule has 1 fully saturated rings. The maximum Gasteiger partial charge on any atom is 0.387 e. The van der Waals surface area contributed by atoms with Gasteiger partial charge in [-0.25, -0.2) is 4.68 Å². The largest absolute Gasteiger partial charge is 0.435 e. The zero-order valence-electron chi connectivity index (χ0n) is 13.0. The highest BCUT2D eigenvalue weighted by Gasteiger charge is 2.36. The molecule has 0 aliphatic carbocycles. The number of likely N-dealkylation sites (tertiary alicyclic amines) is 1. The SMILES string of the molecule is FC(F)Oc1cccc(CN2CC[C@@H]3[C@@H](C2)OCc2cnnn23)c1. The summed E-state index contributed by atoms with van der Waals surface area (Å²) in [7, 11) is 0. The molecule has 3 heterocycles. The van der Waals surface area contributed by atoms with E-state index in [9.17, 15) is 8.78 Å². The Labute approximate surface area is 138 Å². The van der Waals surface area contributed by atoms with Gasteiger partial charge in [-0.15, -0.1) is 5.10 Å². The van der Waals surface area contributed by atoms with Crippen LogP contribution in [0.3, 0.4) is 0 Å². The van der Waals surface area contributed by atoms with Crippen LogP contribution in [0, 0.1) is 0 Å². The molecule has 0 bridgehead atoms. The van der Waals surface area contributed by atoms with Crippen LogP contribution in [0.1, 0.15) is 23.7 Å². The summed E-state index contributed by atoms with van der Waals surface area (Å²) in [6.07, 6.45) is 2.75. The van der Waals surface area contributed by atoms with Crippen LogP contribution in [0.25, 0.3) is 0 Å². The van der Waals surface area contributed by atoms with Crippen molar-refractivity contribution in [3.8, 4) is 5.75 Å². The van der Waals surface area contributed by atoms with E-state index < -0.39 is 6.61 Å². The highest BCUT2D eigenvalue weighted by molar-refractivity contribution is 5.28. The number of rotatable bonds is 4. The minimum Gasteiger partial charge on any atom is -0.435 e. The predicted octanol–water partition coefficient (Wildman–Crippen LogP) is 2.23. The first kappa shape index (κ1) is 15.5. The van der Waals surface area contributed by atoms with E-state index in [0.717, 1.165) is 30.8 Å². The lowest BCUT2D eigenvalue weighted by Crippen LogP contribution is -2.48. The molecule has 0 spiro atoms. The van der Waals surface area contributed by atoms with Gasteiger partial charge in [0.2, 0.25) is 0 Å². The van der Waals surface area contributed by atoms with Crippen LogP contribution in [-0.2, 0) is 17.9 Å². The summed E-state index contributed by atoms with van der Waals surface area (Å²) in [4.78, 5) is 2.27. The highest BCUT2D eigenvalue weighted by Crippen LogP contribution is 2.31. The third-order valence-corrected chi connectivity index (χ3v) is 4.55. The van der Waals surface area contributed by atoms with Crippen molar-refractivity contribution in [3.05, 3.63) is 41.7 Å². The fourth-order valence-corrected chi connectivity index (χ4v) is 3.47. The van der Waals surface area contributed by atoms with Crippen molar-refractivity contribution in [2.24, 2.45) is 0 Å². The Balaban J connectivity index is 1.41. The van der Waals surface area contributed by atoms with Gasteiger partial charge in [0.25, 0.3) is 0 Å². The molecular formula is C16H18F2N4O2. The van der Waals surface area contributed by atoms with Crippen LogP contribution in [0.5, 0.6) is 5.75 Å². The van der Waals surface area contributed by atoms with Crippen molar-refractivity contribution in [1.82, 2.24) is 19.9 Å². The van der Waals surface area contributed by atoms with E-state index in [1.165, 1.54) is 0 Å². The van der Waals surface area contributed by atoms with E-state index in [1.54, 1.807) is 24.4 Å². The Morgan fingerprint density at radius 2 is 2.29 bits per heavy atom. The predicted molar refractivity (Wildman–Crippen MR) is 80.6 cm³/mol. The van der Waals surface area contributed by atoms with Gasteiger partial charge in [-0.1, -0.05) is 17.3 Å². The third kappa shape index (κ3) is 3.11. The summed E-state index contributed by atoms with van der Waals surface area (Å²) in [6.45, 7) is 0.0773. The monoisotopic (exact) mass is 336 g/mol. The molecule has 8 heteroatoms. The number of aromatic nitrogens is 3. The zero-order valence-corrected chi connectivity index (χ0v) is 13.0. The van der Waals surface area contributed by atoms with Crippen LogP contribution < -0.4 is 4.74 Å². The van der Waals surface area contributed by atoms with E-state index in [1.807, 2.05) is 10.7 Å². The van der Waals surface area contributed by atoms with E-state index in [-0.39, 0.29) is 17.9 Å². The molecule has 4 rings (SSSR count). The lowest BCUT2D eigenvalue weighted by Gasteiger charge is -2.41. The molecule has 0 unspecified atom stereocenters. The summed E-state index contributed by atoms with van der Waals surface area (Å²) < 4.78 is 37.0. The van der Waals surface area contributed by atoms with E-state index in [0.29, 0.717) is 13.2 Å². The van der Waals surface area contributed by atoms with Crippen LogP contribution in [0.2, 0.25) is 0 Å². The summed E-state index contributed by atoms with van der Waals surface area (Å²) in [5.41, 5.74) is 1.96. The minimum absolute atomic E-state index is 0.0773. The van der Waals surface area contributed by atoms with Crippen LogP contribution in [0.4, 0.5) is 8.78 Å². The second-order valence-corrected chi connectivity index (χ2v) is 6.14. The number of piperidine rings is 1. The fraction of sp³-hybridized carbons (Fsp3) is 0.500. The number of hydrogen-bond donors (Lipinski definition) is 0. The average molecular weight is 336 g/mol. The number of nitrogens with zero attached hydrogens (tertiary/aromatic N) is 4. The van der Waals surface area contributed by atoms with Crippen molar-refractivity contribution in [1.29, 1.82) is 0 Å². The van der Waals surface area contributed by atoms with Gasteiger partial charge in [-0.2, -0.15) is 8.78 Å². The van der Waals surface area contributed by atoms with Gasteiger partial charge in [0.05, 0.1) is 30.6 Å². The van der Waals surface area contributed by atoms with Crippen molar-refractivity contribution in [3.63, 3.8) is 0 Å². The highest BCUT2D eigenvalue weighted by atomic mass is 19.3. The normalized spacial score (nSPS) is 23.8. The first-order chi connectivity index (χ1) is 11.7. The summed E-state index contributed by atoms with van der Waals surface area (Å²) >= 11 is 0. The lowest BCUT2D eigenvalue weighted by molar-refractivity contribution is -0.0704. The number of alkyl halides is 2. The van der Waals surface area contributed by atoms with Gasteiger partial charge in [0.1, 0.15) is 5.75 Å². The first-order valence-corrected chi connectivity index (χ1v) is 7.96. The molecule has 1 aromatic carbocycles. The fourth-order valence-electron chi connectivity index (χ4n) is 3.47. The maximum atomic E-state index is 12.3. The zero-order chi connectivity index (χ0) is 16.5. The molecule has 2 aliphatic rings. The van der Waals surface area contributed by atoms with Crippen molar-refractivity contribution >= 4 is 0 Å². The van der Waals surface area contributed by atoms with E-state index in [4.69, 9.17) is 4.74 Å². The van der Waals surface area contributed by atoms with Crippen molar-refractivity contribution in [2.45, 2.75) is 38.3 Å². The lowest BCUT2D eigenvalue weighted by atomic mass is 9.99. The molecule has 0 amide bonds. The smallest absolute Gasteiger partial charge is 0.387 e. The topological polar surface area (TPSA) is 52.4 Å². The van der Waals surface area contributed by atoms with E-state index in [2.05, 4.69) is 19.9 Å². The maximum absolute atomic E-state index is 12.3. The number of halogens is 2. The molecule has 2 aromatic rings. The number of hydrogen-bond acceptors (Lipinski definition) is 5. The molecule has 128 valence electrons. The number of benzene rings is 1. The molecule has 1 saturated heterocycles. The summed E-state index contributed by atoms with van der Waals surface area (Å²) in [6, 6.07) is 7.08. The van der Waals surface area contributed by atoms with Gasteiger partial charge in [-0.05, 0) is 24.1 Å². The third-order valence-electron chi connectivity index (χ3n) is 4.55. The van der Waals surface area contributed by atoms with Crippen molar-refractivity contribution in [2.75, 3.05) is 13.1 Å². The molecule has 6 nitrogen and oxygen atoms in total. The Kier molecular flexibility index (Phi) is 4.15. The standard InChI is InChI=1S/C16H18F2N4O2/c17-16(18)24-13-3-1-2-11(6-13)8-21-5-4-14-15(9-21)23-10-12-7-19-20-22(12)14/h1-3,6-7,14-16H,4-5,8-10H2/t14-,15-/m1/s1. The molecule has 2 atom stereocenters. The Hall–Kier alpha value is -2.06. The van der Waals surface area contributed by atoms with Gasteiger partial charge >= 0.3 is 6.61 Å². The number of ether oxygens (including phenoxy) is 2. The van der Waals surface area contributed by atoms with Gasteiger partial charge in [0.15, 0.2) is 0 Å². The molecule has 2 aliphatic heterocycles. The Bertz CT molecular complexity index is 709. The van der Waals surface area contributed by atoms with Crippen LogP contribution >= 0.6 is 0 Å². The Morgan fingerprint density at radius 1 is 1.38 bits per heavy atom. The molecular weight excluding hydrogens is 318 g/mol. The van der Waals surface area contributed by atoms with Gasteiger partial charge < -0.3 is 9.47 Å². The molecule has 24 heavy (non-hydrogen) atoms. The van der Waals surface area contributed by atoms with Crippen molar-refractivity contribution < 1.29 is 18.3 Å². The summed E-state index contributed by atoms with van der Waals surface area (Å²) in [5, 5.41) is 8.13. The minimum atomic E-state index is -2.80. The molecule has 0 radical (unpaired) electrons. The second kappa shape index (κ2) is 6.45. The molecule has 0 saturated carbocycles.